The smallest absolute Gasteiger partial charge is 0.320 e. The van der Waals surface area contributed by atoms with Crippen LogP contribution >= 0.6 is 0 Å². The fourth-order valence-electron chi connectivity index (χ4n) is 8.41. The van der Waals surface area contributed by atoms with Crippen molar-refractivity contribution in [2.24, 2.45) is 13.0 Å². The number of carbonyl (C=O) groups is 3. The molecule has 12 nitrogen and oxygen atoms in total. The number of imidazole rings is 1. The number of amides is 3. The van der Waals surface area contributed by atoms with E-state index in [1.165, 1.54) is 48.7 Å². The molecule has 0 radical (unpaired) electrons. The molecule has 15 heteroatoms. The average molecular weight is 757 g/mol. The van der Waals surface area contributed by atoms with Crippen molar-refractivity contribution >= 4 is 45.3 Å². The summed E-state index contributed by atoms with van der Waals surface area (Å²) in [6, 6.07) is 12.6. The summed E-state index contributed by atoms with van der Waals surface area (Å²) < 4.78 is 47.8. The first-order chi connectivity index (χ1) is 26.2. The first kappa shape index (κ1) is 36.7. The zero-order chi connectivity index (χ0) is 38.8. The van der Waals surface area contributed by atoms with E-state index in [0.29, 0.717) is 34.7 Å². The number of rotatable bonds is 9. The average Bonchev–Trinajstić information content (AvgIpc) is 3.66. The van der Waals surface area contributed by atoms with E-state index in [-0.39, 0.29) is 46.7 Å². The van der Waals surface area contributed by atoms with E-state index in [2.05, 4.69) is 25.6 Å². The SMILES string of the molecule is Cn1c(=O)n(C2CCC(=O)NC2=O)c2ccc(C3CN(CC4CCC(n5cc6cc(NC(=O)c7cccc(C(C)(C)F)n7)c(C(F)F)cc6n5)CC4)C3)cc21. The molecule has 2 aliphatic heterocycles. The summed E-state index contributed by atoms with van der Waals surface area (Å²) in [6.45, 7) is 5.47. The van der Waals surface area contributed by atoms with E-state index in [4.69, 9.17) is 0 Å². The highest BCUT2D eigenvalue weighted by Crippen LogP contribution is 2.38. The second kappa shape index (κ2) is 14.1. The van der Waals surface area contributed by atoms with Crippen molar-refractivity contribution in [2.75, 3.05) is 25.0 Å². The summed E-state index contributed by atoms with van der Waals surface area (Å²) in [4.78, 5) is 57.0. The molecule has 0 spiro atoms. The fraction of sp³-hybridized carbons (Fsp3) is 0.450. The summed E-state index contributed by atoms with van der Waals surface area (Å²) >= 11 is 0. The highest BCUT2D eigenvalue weighted by Gasteiger charge is 2.34. The molecule has 3 amide bonds. The van der Waals surface area contributed by atoms with Crippen LogP contribution in [-0.4, -0.2) is 66.2 Å². The number of halogens is 3. The van der Waals surface area contributed by atoms with Gasteiger partial charge in [-0.15, -0.1) is 0 Å². The molecule has 3 aromatic heterocycles. The number of aromatic nitrogens is 5. The van der Waals surface area contributed by atoms with Gasteiger partial charge in [-0.1, -0.05) is 12.1 Å². The van der Waals surface area contributed by atoms with E-state index in [1.54, 1.807) is 11.6 Å². The van der Waals surface area contributed by atoms with Gasteiger partial charge in [0, 0.05) is 56.2 Å². The van der Waals surface area contributed by atoms with Gasteiger partial charge in [0.2, 0.25) is 11.8 Å². The summed E-state index contributed by atoms with van der Waals surface area (Å²) in [5.74, 6) is -0.611. The Morgan fingerprint density at radius 3 is 2.47 bits per heavy atom. The lowest BCUT2D eigenvalue weighted by molar-refractivity contribution is -0.135. The second-order valence-electron chi connectivity index (χ2n) is 15.8. The quantitative estimate of drug-likeness (QED) is 0.169. The largest absolute Gasteiger partial charge is 0.329 e. The van der Waals surface area contributed by atoms with Crippen molar-refractivity contribution in [3.05, 3.63) is 87.7 Å². The highest BCUT2D eigenvalue weighted by molar-refractivity contribution is 6.04. The maximum Gasteiger partial charge on any atom is 0.329 e. The lowest BCUT2D eigenvalue weighted by Gasteiger charge is -2.42. The third kappa shape index (κ3) is 7.05. The predicted octanol–water partition coefficient (Wildman–Crippen LogP) is 6.29. The molecule has 2 saturated heterocycles. The molecule has 2 aromatic carbocycles. The molecule has 1 saturated carbocycles. The van der Waals surface area contributed by atoms with Crippen LogP contribution in [0.5, 0.6) is 0 Å². The van der Waals surface area contributed by atoms with Crippen molar-refractivity contribution in [1.82, 2.24) is 34.1 Å². The van der Waals surface area contributed by atoms with Crippen molar-refractivity contribution in [2.45, 2.75) is 82.5 Å². The molecule has 55 heavy (non-hydrogen) atoms. The molecule has 5 heterocycles. The number of imide groups is 1. The first-order valence-electron chi connectivity index (χ1n) is 18.8. The van der Waals surface area contributed by atoms with Gasteiger partial charge in [0.15, 0.2) is 0 Å². The lowest BCUT2D eigenvalue weighted by Crippen LogP contribution is -2.47. The maximum absolute atomic E-state index is 14.5. The number of pyridine rings is 1. The minimum atomic E-state index is -2.85. The van der Waals surface area contributed by atoms with Gasteiger partial charge in [-0.3, -0.25) is 33.5 Å². The highest BCUT2D eigenvalue weighted by atomic mass is 19.3. The van der Waals surface area contributed by atoms with Crippen LogP contribution in [0.1, 0.15) is 104 Å². The van der Waals surface area contributed by atoms with Gasteiger partial charge < -0.3 is 10.2 Å². The molecule has 5 aromatic rings. The number of likely N-dealkylation sites (tertiary alicyclic amines) is 1. The van der Waals surface area contributed by atoms with Gasteiger partial charge in [0.25, 0.3) is 12.3 Å². The Balaban J connectivity index is 0.879. The third-order valence-corrected chi connectivity index (χ3v) is 11.5. The Morgan fingerprint density at radius 1 is 1.00 bits per heavy atom. The number of nitrogens with one attached hydrogen (secondary N) is 2. The molecule has 288 valence electrons. The zero-order valence-corrected chi connectivity index (χ0v) is 30.9. The third-order valence-electron chi connectivity index (χ3n) is 11.5. The lowest BCUT2D eigenvalue weighted by atomic mass is 9.83. The molecular formula is C40H43F3N8O4. The molecule has 0 bridgehead atoms. The predicted molar refractivity (Wildman–Crippen MR) is 200 cm³/mol. The Labute approximate surface area is 314 Å². The van der Waals surface area contributed by atoms with Crippen LogP contribution < -0.4 is 16.3 Å². The molecule has 1 atom stereocenters. The Kier molecular flexibility index (Phi) is 9.38. The van der Waals surface area contributed by atoms with Gasteiger partial charge in [-0.05, 0) is 93.8 Å². The Bertz CT molecular complexity index is 2380. The number of nitrogens with zero attached hydrogens (tertiary/aromatic N) is 6. The van der Waals surface area contributed by atoms with Crippen LogP contribution in [0.2, 0.25) is 0 Å². The number of alkyl halides is 3. The van der Waals surface area contributed by atoms with Crippen LogP contribution in [0.15, 0.2) is 59.5 Å². The molecule has 1 unspecified atom stereocenters. The molecule has 3 fully saturated rings. The standard InChI is InChI=1S/C40H43F3N8O4/c1-40(2,43)34-6-4-5-28(44-34)37(53)45-30-15-24-21-50(47-29(24)17-27(30)36(41)42)26-10-7-22(8-11-26)18-49-19-25(20-49)23-9-12-31-33(16-23)48(3)39(55)51(31)32-13-14-35(52)46-38(32)54/h4-6,9,12,15-17,21-22,25-26,32,36H,7-8,10-11,13-14,18-20H2,1-3H3,(H,45,53)(H,46,52,54). The van der Waals surface area contributed by atoms with Gasteiger partial charge >= 0.3 is 5.69 Å². The van der Waals surface area contributed by atoms with Gasteiger partial charge in [0.05, 0.1) is 34.0 Å². The molecular weight excluding hydrogens is 713 g/mol. The number of hydrogen-bond donors (Lipinski definition) is 2. The van der Waals surface area contributed by atoms with Crippen molar-refractivity contribution in [1.29, 1.82) is 0 Å². The molecule has 2 N–H and O–H groups in total. The summed E-state index contributed by atoms with van der Waals surface area (Å²) in [6.07, 6.45) is 3.32. The normalized spacial score (nSPS) is 21.3. The molecule has 8 rings (SSSR count). The van der Waals surface area contributed by atoms with Crippen LogP contribution in [0.4, 0.5) is 18.9 Å². The minimum absolute atomic E-state index is 0.0371. The van der Waals surface area contributed by atoms with E-state index < -0.39 is 30.0 Å². The zero-order valence-electron chi connectivity index (χ0n) is 30.9. The van der Waals surface area contributed by atoms with Crippen LogP contribution in [0.25, 0.3) is 21.9 Å². The number of anilines is 1. The minimum Gasteiger partial charge on any atom is -0.320 e. The van der Waals surface area contributed by atoms with Crippen LogP contribution in [0.3, 0.4) is 0 Å². The summed E-state index contributed by atoms with van der Waals surface area (Å²) in [7, 11) is 1.71. The Morgan fingerprint density at radius 2 is 1.76 bits per heavy atom. The molecule has 3 aliphatic rings. The first-order valence-corrected chi connectivity index (χ1v) is 18.8. The number of carbonyl (C=O) groups excluding carboxylic acids is 3. The number of aryl methyl sites for hydroxylation is 1. The number of fused-ring (bicyclic) bond motifs is 2. The Hall–Kier alpha value is -5.31. The fourth-order valence-corrected chi connectivity index (χ4v) is 8.41. The number of benzene rings is 2. The van der Waals surface area contributed by atoms with Gasteiger partial charge in [-0.25, -0.2) is 22.9 Å². The van der Waals surface area contributed by atoms with E-state index >= 15 is 0 Å². The number of piperidine rings is 1. The molecule has 1 aliphatic carbocycles. The number of hydrogen-bond acceptors (Lipinski definition) is 7. The van der Waals surface area contributed by atoms with E-state index in [9.17, 15) is 32.3 Å². The van der Waals surface area contributed by atoms with Crippen LogP contribution in [0, 0.1) is 5.92 Å². The summed E-state index contributed by atoms with van der Waals surface area (Å²) in [5.41, 5.74) is 0.596. The van der Waals surface area contributed by atoms with E-state index in [0.717, 1.165) is 56.4 Å². The topological polar surface area (TPSA) is 136 Å². The van der Waals surface area contributed by atoms with Crippen molar-refractivity contribution in [3.63, 3.8) is 0 Å². The van der Waals surface area contributed by atoms with Gasteiger partial charge in [-0.2, -0.15) is 5.10 Å². The second-order valence-corrected chi connectivity index (χ2v) is 15.8. The monoisotopic (exact) mass is 756 g/mol. The van der Waals surface area contributed by atoms with E-state index in [1.807, 2.05) is 29.1 Å². The van der Waals surface area contributed by atoms with Crippen LogP contribution in [-0.2, 0) is 22.3 Å². The van der Waals surface area contributed by atoms with Crippen molar-refractivity contribution in [3.8, 4) is 0 Å². The van der Waals surface area contributed by atoms with Crippen molar-refractivity contribution < 1.29 is 27.6 Å². The maximum atomic E-state index is 14.5. The summed E-state index contributed by atoms with van der Waals surface area (Å²) in [5, 5.41) is 10.2. The van der Waals surface area contributed by atoms with Gasteiger partial charge in [0.1, 0.15) is 17.4 Å².